The Kier molecular flexibility index (Phi) is 3.66. The molecule has 0 aromatic heterocycles. The average Bonchev–Trinajstić information content (AvgIpc) is 2.86. The first kappa shape index (κ1) is 12.4. The van der Waals surface area contributed by atoms with Crippen LogP contribution in [0.5, 0.6) is 0 Å². The lowest BCUT2D eigenvalue weighted by Crippen LogP contribution is -2.49. The van der Waals surface area contributed by atoms with E-state index in [1.54, 1.807) is 6.92 Å². The Morgan fingerprint density at radius 3 is 2.88 bits per heavy atom. The molecule has 3 N–H and O–H groups in total. The molecular weight excluding hydrogens is 220 g/mol. The minimum atomic E-state index is -0.957. The molecule has 1 heterocycles. The van der Waals surface area contributed by atoms with E-state index in [9.17, 15) is 9.59 Å². The van der Waals surface area contributed by atoms with Gasteiger partial charge >= 0.3 is 5.97 Å². The van der Waals surface area contributed by atoms with Crippen LogP contribution in [0.4, 0.5) is 0 Å². The molecule has 2 rings (SSSR count). The van der Waals surface area contributed by atoms with E-state index in [-0.39, 0.29) is 11.9 Å². The smallest absolute Gasteiger partial charge is 0.326 e. The van der Waals surface area contributed by atoms with Gasteiger partial charge in [-0.05, 0) is 37.6 Å². The van der Waals surface area contributed by atoms with E-state index in [1.165, 1.54) is 12.8 Å². The third-order valence-corrected chi connectivity index (χ3v) is 4.05. The van der Waals surface area contributed by atoms with E-state index in [0.29, 0.717) is 18.3 Å². The molecule has 17 heavy (non-hydrogen) atoms. The first-order valence-electron chi connectivity index (χ1n) is 6.40. The van der Waals surface area contributed by atoms with Crippen molar-refractivity contribution in [2.45, 2.75) is 44.7 Å². The van der Waals surface area contributed by atoms with E-state index in [4.69, 9.17) is 5.11 Å². The lowest BCUT2D eigenvalue weighted by molar-refractivity contribution is -0.142. The van der Waals surface area contributed by atoms with Gasteiger partial charge in [-0.1, -0.05) is 13.3 Å². The fourth-order valence-corrected chi connectivity index (χ4v) is 3.07. The number of hydrogen-bond acceptors (Lipinski definition) is 3. The number of amides is 1. The molecule has 1 aliphatic carbocycles. The van der Waals surface area contributed by atoms with Crippen molar-refractivity contribution in [1.82, 2.24) is 10.6 Å². The third-order valence-electron chi connectivity index (χ3n) is 4.05. The Labute approximate surface area is 101 Å². The van der Waals surface area contributed by atoms with Crippen molar-refractivity contribution in [3.63, 3.8) is 0 Å². The Hall–Kier alpha value is -1.10. The molecule has 0 aromatic rings. The van der Waals surface area contributed by atoms with Crippen molar-refractivity contribution in [2.75, 3.05) is 6.54 Å². The molecule has 0 aromatic carbocycles. The summed E-state index contributed by atoms with van der Waals surface area (Å²) in [7, 11) is 0. The van der Waals surface area contributed by atoms with Gasteiger partial charge in [-0.25, -0.2) is 4.79 Å². The van der Waals surface area contributed by atoms with Crippen molar-refractivity contribution in [2.24, 2.45) is 11.8 Å². The quantitative estimate of drug-likeness (QED) is 0.662. The second-order valence-electron chi connectivity index (χ2n) is 5.05. The number of fused-ring (bicyclic) bond motifs is 1. The summed E-state index contributed by atoms with van der Waals surface area (Å²) in [6.07, 6.45) is 3.88. The molecule has 1 saturated carbocycles. The van der Waals surface area contributed by atoms with Gasteiger partial charge in [0.05, 0.1) is 6.04 Å². The third kappa shape index (κ3) is 2.44. The average molecular weight is 240 g/mol. The van der Waals surface area contributed by atoms with Crippen LogP contribution >= 0.6 is 0 Å². The number of nitrogens with one attached hydrogen (secondary N) is 2. The maximum Gasteiger partial charge on any atom is 0.326 e. The van der Waals surface area contributed by atoms with Gasteiger partial charge in [0.25, 0.3) is 0 Å². The highest BCUT2D eigenvalue weighted by Gasteiger charge is 2.42. The van der Waals surface area contributed by atoms with Crippen LogP contribution in [0.15, 0.2) is 0 Å². The van der Waals surface area contributed by atoms with Crippen LogP contribution in [0.25, 0.3) is 0 Å². The highest BCUT2D eigenvalue weighted by molar-refractivity contribution is 5.87. The summed E-state index contributed by atoms with van der Waals surface area (Å²) >= 11 is 0. The number of hydrogen-bond donors (Lipinski definition) is 3. The molecule has 4 atom stereocenters. The summed E-state index contributed by atoms with van der Waals surface area (Å²) in [4.78, 5) is 22.9. The van der Waals surface area contributed by atoms with Crippen molar-refractivity contribution >= 4 is 11.9 Å². The predicted octanol–water partition coefficient (Wildman–Crippen LogP) is 0.354. The van der Waals surface area contributed by atoms with Gasteiger partial charge in [0.1, 0.15) is 6.04 Å². The molecule has 2 aliphatic rings. The van der Waals surface area contributed by atoms with Crippen molar-refractivity contribution < 1.29 is 14.7 Å². The molecular formula is C12H20N2O3. The Bertz CT molecular complexity index is 319. The standard InChI is InChI=1S/C12H20N2O3/c1-2-9(12(16)17)14-11(15)10-8-5-3-4-7(8)6-13-10/h7-10,13H,2-6H2,1H3,(H,14,15)(H,16,17)/t7?,8?,9-,10?/m0/s1. The van der Waals surface area contributed by atoms with Crippen LogP contribution < -0.4 is 10.6 Å². The molecule has 5 nitrogen and oxygen atoms in total. The molecule has 2 fully saturated rings. The summed E-state index contributed by atoms with van der Waals surface area (Å²) in [6.45, 7) is 2.66. The summed E-state index contributed by atoms with van der Waals surface area (Å²) < 4.78 is 0. The summed E-state index contributed by atoms with van der Waals surface area (Å²) in [5.41, 5.74) is 0. The van der Waals surface area contributed by atoms with Gasteiger partial charge in [0.15, 0.2) is 0 Å². The van der Waals surface area contributed by atoms with Crippen molar-refractivity contribution in [3.8, 4) is 0 Å². The molecule has 1 aliphatic heterocycles. The largest absolute Gasteiger partial charge is 0.480 e. The van der Waals surface area contributed by atoms with Gasteiger partial charge < -0.3 is 15.7 Å². The molecule has 1 amide bonds. The first-order valence-corrected chi connectivity index (χ1v) is 6.40. The maximum atomic E-state index is 12.0. The molecule has 3 unspecified atom stereocenters. The van der Waals surface area contributed by atoms with E-state index in [0.717, 1.165) is 13.0 Å². The van der Waals surface area contributed by atoms with Gasteiger partial charge in [-0.2, -0.15) is 0 Å². The van der Waals surface area contributed by atoms with Crippen LogP contribution in [0.2, 0.25) is 0 Å². The Morgan fingerprint density at radius 1 is 1.47 bits per heavy atom. The van der Waals surface area contributed by atoms with Crippen LogP contribution in [0.1, 0.15) is 32.6 Å². The number of carboxylic acid groups (broad SMARTS) is 1. The second-order valence-corrected chi connectivity index (χ2v) is 5.05. The van der Waals surface area contributed by atoms with Gasteiger partial charge in [-0.15, -0.1) is 0 Å². The maximum absolute atomic E-state index is 12.0. The summed E-state index contributed by atoms with van der Waals surface area (Å²) in [5, 5.41) is 14.8. The molecule has 0 spiro atoms. The topological polar surface area (TPSA) is 78.4 Å². The van der Waals surface area contributed by atoms with Crippen LogP contribution in [0, 0.1) is 11.8 Å². The zero-order valence-corrected chi connectivity index (χ0v) is 10.1. The van der Waals surface area contributed by atoms with Crippen LogP contribution in [0.3, 0.4) is 0 Å². The van der Waals surface area contributed by atoms with Crippen LogP contribution in [-0.4, -0.2) is 35.6 Å². The lowest BCUT2D eigenvalue weighted by atomic mass is 9.93. The SMILES string of the molecule is CC[C@H](NC(=O)C1NCC2CCCC21)C(=O)O. The summed E-state index contributed by atoms with van der Waals surface area (Å²) in [5.74, 6) is -0.0903. The minimum Gasteiger partial charge on any atom is -0.480 e. The second kappa shape index (κ2) is 5.04. The highest BCUT2D eigenvalue weighted by atomic mass is 16.4. The fourth-order valence-electron chi connectivity index (χ4n) is 3.07. The molecule has 0 bridgehead atoms. The predicted molar refractivity (Wildman–Crippen MR) is 62.5 cm³/mol. The number of carbonyl (C=O) groups excluding carboxylic acids is 1. The first-order chi connectivity index (χ1) is 8.13. The molecule has 0 radical (unpaired) electrons. The van der Waals surface area contributed by atoms with Gasteiger partial charge in [-0.3, -0.25) is 4.79 Å². The molecule has 1 saturated heterocycles. The molecule has 5 heteroatoms. The van der Waals surface area contributed by atoms with Gasteiger partial charge in [0.2, 0.25) is 5.91 Å². The Morgan fingerprint density at radius 2 is 2.24 bits per heavy atom. The number of rotatable bonds is 4. The van der Waals surface area contributed by atoms with Gasteiger partial charge in [0, 0.05) is 0 Å². The molecule has 96 valence electrons. The van der Waals surface area contributed by atoms with E-state index in [2.05, 4.69) is 10.6 Å². The number of aliphatic carboxylic acids is 1. The summed E-state index contributed by atoms with van der Waals surface area (Å²) in [6, 6.07) is -0.944. The van der Waals surface area contributed by atoms with Crippen molar-refractivity contribution in [1.29, 1.82) is 0 Å². The number of carboxylic acids is 1. The fraction of sp³-hybridized carbons (Fsp3) is 0.833. The lowest BCUT2D eigenvalue weighted by Gasteiger charge is -2.20. The van der Waals surface area contributed by atoms with E-state index >= 15 is 0 Å². The van der Waals surface area contributed by atoms with Crippen LogP contribution in [-0.2, 0) is 9.59 Å². The minimum absolute atomic E-state index is 0.145. The number of carbonyl (C=O) groups is 2. The zero-order valence-electron chi connectivity index (χ0n) is 10.1. The van der Waals surface area contributed by atoms with Crippen molar-refractivity contribution in [3.05, 3.63) is 0 Å². The van der Waals surface area contributed by atoms with E-state index < -0.39 is 12.0 Å². The monoisotopic (exact) mass is 240 g/mol. The Balaban J connectivity index is 1.94. The normalized spacial score (nSPS) is 33.1. The zero-order chi connectivity index (χ0) is 12.4. The van der Waals surface area contributed by atoms with E-state index in [1.807, 2.05) is 0 Å². The highest BCUT2D eigenvalue weighted by Crippen LogP contribution is 2.37.